The molecule has 110 valence electrons. The van der Waals surface area contributed by atoms with E-state index in [-0.39, 0.29) is 5.54 Å². The molecule has 1 saturated carbocycles. The molecule has 2 fully saturated rings. The summed E-state index contributed by atoms with van der Waals surface area (Å²) < 4.78 is 0. The summed E-state index contributed by atoms with van der Waals surface area (Å²) in [5, 5.41) is 0. The smallest absolute Gasteiger partial charge is 0.208 e. The Morgan fingerprint density at radius 1 is 1.21 bits per heavy atom. The van der Waals surface area contributed by atoms with Crippen LogP contribution in [0.2, 0.25) is 0 Å². The SMILES string of the molecule is CN1CCN(C(=NC2CCCCC2)NN)CC1(C)C. The lowest BCUT2D eigenvalue weighted by Gasteiger charge is -2.46. The van der Waals surface area contributed by atoms with Gasteiger partial charge in [-0.3, -0.25) is 10.3 Å². The first-order chi connectivity index (χ1) is 9.03. The van der Waals surface area contributed by atoms with Gasteiger partial charge in [-0.05, 0) is 33.7 Å². The van der Waals surface area contributed by atoms with Gasteiger partial charge < -0.3 is 4.90 Å². The Hall–Kier alpha value is -0.810. The number of nitrogens with one attached hydrogen (secondary N) is 1. The summed E-state index contributed by atoms with van der Waals surface area (Å²) >= 11 is 0. The van der Waals surface area contributed by atoms with Crippen LogP contribution < -0.4 is 11.3 Å². The Labute approximate surface area is 117 Å². The molecule has 0 aromatic carbocycles. The van der Waals surface area contributed by atoms with Gasteiger partial charge in [0.15, 0.2) is 0 Å². The third-order valence-corrected chi connectivity index (χ3v) is 4.62. The van der Waals surface area contributed by atoms with E-state index in [4.69, 9.17) is 10.8 Å². The average Bonchev–Trinajstić information content (AvgIpc) is 2.40. The second-order valence-electron chi connectivity index (χ2n) is 6.54. The Morgan fingerprint density at radius 3 is 2.47 bits per heavy atom. The molecule has 0 atom stereocenters. The zero-order valence-electron chi connectivity index (χ0n) is 12.7. The monoisotopic (exact) mass is 267 g/mol. The first-order valence-corrected chi connectivity index (χ1v) is 7.53. The van der Waals surface area contributed by atoms with E-state index < -0.39 is 0 Å². The highest BCUT2D eigenvalue weighted by Crippen LogP contribution is 2.22. The quantitative estimate of drug-likeness (QED) is 0.324. The van der Waals surface area contributed by atoms with Crippen molar-refractivity contribution in [2.75, 3.05) is 26.7 Å². The van der Waals surface area contributed by atoms with Crippen molar-refractivity contribution in [1.29, 1.82) is 0 Å². The largest absolute Gasteiger partial charge is 0.339 e. The van der Waals surface area contributed by atoms with Crippen LogP contribution in [0.3, 0.4) is 0 Å². The number of hydrogen-bond acceptors (Lipinski definition) is 3. The van der Waals surface area contributed by atoms with Crippen molar-refractivity contribution in [3.05, 3.63) is 0 Å². The number of guanidine groups is 1. The number of likely N-dealkylation sites (N-methyl/N-ethyl adjacent to an activating group) is 1. The van der Waals surface area contributed by atoms with E-state index in [1.165, 1.54) is 32.1 Å². The Morgan fingerprint density at radius 2 is 1.89 bits per heavy atom. The molecule has 0 unspecified atom stereocenters. The fourth-order valence-electron chi connectivity index (χ4n) is 3.01. The molecule has 1 saturated heterocycles. The number of aliphatic imine (C=N–C) groups is 1. The Balaban J connectivity index is 2.02. The minimum Gasteiger partial charge on any atom is -0.339 e. The van der Waals surface area contributed by atoms with Gasteiger partial charge in [0.2, 0.25) is 5.96 Å². The predicted octanol–water partition coefficient (Wildman–Crippen LogP) is 1.16. The standard InChI is InChI=1S/C14H29N5/c1-14(2)11-19(10-9-18(14)3)13(17-15)16-12-7-5-4-6-8-12/h12H,4-11,15H2,1-3H3,(H,16,17). The van der Waals surface area contributed by atoms with Gasteiger partial charge in [-0.15, -0.1) is 0 Å². The van der Waals surface area contributed by atoms with Crippen LogP contribution in [0.4, 0.5) is 0 Å². The summed E-state index contributed by atoms with van der Waals surface area (Å²) in [6, 6.07) is 0.461. The molecule has 0 aromatic heterocycles. The molecular formula is C14H29N5. The van der Waals surface area contributed by atoms with Crippen molar-refractivity contribution in [3.8, 4) is 0 Å². The number of rotatable bonds is 1. The molecule has 2 aliphatic rings. The average molecular weight is 267 g/mol. The molecule has 0 spiro atoms. The van der Waals surface area contributed by atoms with Crippen LogP contribution in [0.1, 0.15) is 46.0 Å². The third kappa shape index (κ3) is 3.60. The summed E-state index contributed by atoms with van der Waals surface area (Å²) in [6.07, 6.45) is 6.39. The highest BCUT2D eigenvalue weighted by molar-refractivity contribution is 5.79. The van der Waals surface area contributed by atoms with E-state index in [9.17, 15) is 0 Å². The number of piperazine rings is 1. The molecule has 2 rings (SSSR count). The first-order valence-electron chi connectivity index (χ1n) is 7.53. The van der Waals surface area contributed by atoms with Gasteiger partial charge in [-0.1, -0.05) is 19.3 Å². The van der Waals surface area contributed by atoms with Gasteiger partial charge in [-0.2, -0.15) is 0 Å². The number of hydrazine groups is 1. The van der Waals surface area contributed by atoms with Gasteiger partial charge >= 0.3 is 0 Å². The zero-order chi connectivity index (χ0) is 13.9. The highest BCUT2D eigenvalue weighted by atomic mass is 15.4. The third-order valence-electron chi connectivity index (χ3n) is 4.62. The summed E-state index contributed by atoms with van der Waals surface area (Å²) in [5.41, 5.74) is 3.00. The van der Waals surface area contributed by atoms with Gasteiger partial charge in [0, 0.05) is 25.2 Å². The van der Waals surface area contributed by atoms with E-state index in [1.54, 1.807) is 0 Å². The highest BCUT2D eigenvalue weighted by Gasteiger charge is 2.32. The maximum Gasteiger partial charge on any atom is 0.208 e. The van der Waals surface area contributed by atoms with Crippen molar-refractivity contribution in [1.82, 2.24) is 15.2 Å². The fraction of sp³-hybridized carbons (Fsp3) is 0.929. The van der Waals surface area contributed by atoms with E-state index in [2.05, 4.69) is 36.1 Å². The lowest BCUT2D eigenvalue weighted by atomic mass is 9.96. The van der Waals surface area contributed by atoms with Gasteiger partial charge in [-0.25, -0.2) is 10.8 Å². The molecule has 0 aromatic rings. The molecule has 1 aliphatic heterocycles. The minimum atomic E-state index is 0.169. The van der Waals surface area contributed by atoms with Crippen LogP contribution in [0.5, 0.6) is 0 Å². The van der Waals surface area contributed by atoms with E-state index in [0.29, 0.717) is 6.04 Å². The zero-order valence-corrected chi connectivity index (χ0v) is 12.7. The van der Waals surface area contributed by atoms with Crippen LogP contribution in [-0.4, -0.2) is 54.0 Å². The lowest BCUT2D eigenvalue weighted by Crippen LogP contribution is -2.61. The summed E-state index contributed by atoms with van der Waals surface area (Å²) in [7, 11) is 2.19. The van der Waals surface area contributed by atoms with Crippen LogP contribution in [0.15, 0.2) is 4.99 Å². The minimum absolute atomic E-state index is 0.169. The van der Waals surface area contributed by atoms with Crippen molar-refractivity contribution >= 4 is 5.96 Å². The van der Waals surface area contributed by atoms with Gasteiger partial charge in [0.25, 0.3) is 0 Å². The first kappa shape index (κ1) is 14.6. The van der Waals surface area contributed by atoms with Crippen molar-refractivity contribution in [3.63, 3.8) is 0 Å². The molecule has 5 nitrogen and oxygen atoms in total. The second kappa shape index (κ2) is 6.09. The lowest BCUT2D eigenvalue weighted by molar-refractivity contribution is 0.0723. The van der Waals surface area contributed by atoms with Crippen molar-refractivity contribution in [2.24, 2.45) is 10.8 Å². The number of nitrogens with two attached hydrogens (primary N) is 1. The van der Waals surface area contributed by atoms with Crippen molar-refractivity contribution in [2.45, 2.75) is 57.5 Å². The topological polar surface area (TPSA) is 56.9 Å². The predicted molar refractivity (Wildman–Crippen MR) is 79.9 cm³/mol. The number of hydrogen-bond donors (Lipinski definition) is 2. The van der Waals surface area contributed by atoms with Crippen LogP contribution >= 0.6 is 0 Å². The van der Waals surface area contributed by atoms with Crippen LogP contribution in [-0.2, 0) is 0 Å². The molecule has 19 heavy (non-hydrogen) atoms. The molecular weight excluding hydrogens is 238 g/mol. The molecule has 0 radical (unpaired) electrons. The molecule has 0 amide bonds. The molecule has 5 heteroatoms. The van der Waals surface area contributed by atoms with Gasteiger partial charge in [0.1, 0.15) is 0 Å². The van der Waals surface area contributed by atoms with E-state index >= 15 is 0 Å². The normalized spacial score (nSPS) is 26.5. The van der Waals surface area contributed by atoms with Crippen molar-refractivity contribution < 1.29 is 0 Å². The fourth-order valence-corrected chi connectivity index (χ4v) is 3.01. The molecule has 3 N–H and O–H groups in total. The molecule has 1 aliphatic carbocycles. The maximum atomic E-state index is 5.71. The number of nitrogens with zero attached hydrogens (tertiary/aromatic N) is 3. The van der Waals surface area contributed by atoms with Crippen LogP contribution in [0, 0.1) is 0 Å². The van der Waals surface area contributed by atoms with Crippen LogP contribution in [0.25, 0.3) is 0 Å². The summed E-state index contributed by atoms with van der Waals surface area (Å²) in [5.74, 6) is 6.59. The molecule has 0 bridgehead atoms. The van der Waals surface area contributed by atoms with E-state index in [0.717, 1.165) is 25.6 Å². The van der Waals surface area contributed by atoms with Gasteiger partial charge in [0.05, 0.1) is 6.04 Å². The Kier molecular flexibility index (Phi) is 4.68. The van der Waals surface area contributed by atoms with E-state index in [1.807, 2.05) is 0 Å². The maximum absolute atomic E-state index is 5.71. The Bertz CT molecular complexity index is 320. The second-order valence-corrected chi connectivity index (χ2v) is 6.54. The summed E-state index contributed by atoms with van der Waals surface area (Å²) in [6.45, 7) is 7.56. The summed E-state index contributed by atoms with van der Waals surface area (Å²) in [4.78, 5) is 9.56. The molecule has 1 heterocycles.